The summed E-state index contributed by atoms with van der Waals surface area (Å²) in [4.78, 5) is 11.9. The van der Waals surface area contributed by atoms with Crippen LogP contribution in [0, 0.1) is 5.92 Å². The molecule has 1 saturated carbocycles. The van der Waals surface area contributed by atoms with Gasteiger partial charge >= 0.3 is 5.97 Å². The lowest BCUT2D eigenvalue weighted by molar-refractivity contribution is -0.150. The summed E-state index contributed by atoms with van der Waals surface area (Å²) in [6.07, 6.45) is 4.30. The summed E-state index contributed by atoms with van der Waals surface area (Å²) in [6.45, 7) is 2.31. The van der Waals surface area contributed by atoms with E-state index in [-0.39, 0.29) is 5.97 Å². The molecule has 3 nitrogen and oxygen atoms in total. The van der Waals surface area contributed by atoms with Crippen molar-refractivity contribution < 1.29 is 9.53 Å². The SMILES string of the molecule is CCOC(=O)C(CSC)(NC)C1CC1. The maximum atomic E-state index is 11.9. The molecule has 4 heteroatoms. The highest BCUT2D eigenvalue weighted by Gasteiger charge is 2.50. The van der Waals surface area contributed by atoms with E-state index in [0.29, 0.717) is 12.5 Å². The second kappa shape index (κ2) is 5.03. The van der Waals surface area contributed by atoms with Gasteiger partial charge in [0.15, 0.2) is 0 Å². The summed E-state index contributed by atoms with van der Waals surface area (Å²) in [5, 5.41) is 3.17. The maximum Gasteiger partial charge on any atom is 0.327 e. The number of rotatable bonds is 6. The van der Waals surface area contributed by atoms with Crippen molar-refractivity contribution in [3.8, 4) is 0 Å². The number of ether oxygens (including phenoxy) is 1. The highest BCUT2D eigenvalue weighted by atomic mass is 32.2. The normalized spacial score (nSPS) is 20.2. The highest BCUT2D eigenvalue weighted by Crippen LogP contribution is 2.41. The minimum absolute atomic E-state index is 0.0839. The third kappa shape index (κ3) is 2.23. The molecule has 1 N–H and O–H groups in total. The molecule has 0 amide bonds. The molecule has 0 aromatic heterocycles. The van der Waals surface area contributed by atoms with Gasteiger partial charge in [-0.15, -0.1) is 0 Å². The maximum absolute atomic E-state index is 11.9. The first-order valence-electron chi connectivity index (χ1n) is 5.06. The number of likely N-dealkylation sites (N-methyl/N-ethyl adjacent to an activating group) is 1. The van der Waals surface area contributed by atoms with Crippen LogP contribution >= 0.6 is 11.8 Å². The van der Waals surface area contributed by atoms with Crippen LogP contribution in [0.4, 0.5) is 0 Å². The van der Waals surface area contributed by atoms with E-state index < -0.39 is 5.54 Å². The molecule has 1 fully saturated rings. The molecule has 1 atom stereocenters. The molecule has 14 heavy (non-hydrogen) atoms. The minimum Gasteiger partial charge on any atom is -0.465 e. The molecule has 0 heterocycles. The van der Waals surface area contributed by atoms with Crippen molar-refractivity contribution >= 4 is 17.7 Å². The van der Waals surface area contributed by atoms with Crippen LogP contribution in [0.3, 0.4) is 0 Å². The molecule has 0 radical (unpaired) electrons. The molecule has 82 valence electrons. The minimum atomic E-state index is -0.435. The lowest BCUT2D eigenvalue weighted by Crippen LogP contribution is -2.55. The van der Waals surface area contributed by atoms with Gasteiger partial charge in [0.2, 0.25) is 0 Å². The molecular formula is C10H19NO2S. The van der Waals surface area contributed by atoms with Crippen molar-refractivity contribution in [2.45, 2.75) is 25.3 Å². The summed E-state index contributed by atoms with van der Waals surface area (Å²) in [5.74, 6) is 1.19. The van der Waals surface area contributed by atoms with Crippen LogP contribution in [-0.4, -0.2) is 37.2 Å². The third-order valence-electron chi connectivity index (χ3n) is 2.73. The van der Waals surface area contributed by atoms with Crippen molar-refractivity contribution in [2.75, 3.05) is 25.7 Å². The first-order valence-corrected chi connectivity index (χ1v) is 6.45. The van der Waals surface area contributed by atoms with Gasteiger partial charge < -0.3 is 10.1 Å². The van der Waals surface area contributed by atoms with Crippen molar-refractivity contribution in [1.82, 2.24) is 5.32 Å². The zero-order chi connectivity index (χ0) is 10.6. The predicted molar refractivity (Wildman–Crippen MR) is 59.5 cm³/mol. The Morgan fingerprint density at radius 2 is 2.29 bits per heavy atom. The molecule has 1 aliphatic rings. The van der Waals surface area contributed by atoms with Crippen molar-refractivity contribution in [2.24, 2.45) is 5.92 Å². The van der Waals surface area contributed by atoms with E-state index in [0.717, 1.165) is 18.6 Å². The molecule has 0 bridgehead atoms. The van der Waals surface area contributed by atoms with E-state index in [4.69, 9.17) is 4.74 Å². The van der Waals surface area contributed by atoms with E-state index >= 15 is 0 Å². The average molecular weight is 217 g/mol. The lowest BCUT2D eigenvalue weighted by atomic mass is 9.96. The van der Waals surface area contributed by atoms with Gasteiger partial charge in [-0.05, 0) is 39.0 Å². The van der Waals surface area contributed by atoms with Crippen LogP contribution in [0.5, 0.6) is 0 Å². The second-order valence-corrected chi connectivity index (χ2v) is 4.52. The monoisotopic (exact) mass is 217 g/mol. The fourth-order valence-electron chi connectivity index (χ4n) is 1.79. The van der Waals surface area contributed by atoms with E-state index in [1.54, 1.807) is 11.8 Å². The molecule has 0 aliphatic heterocycles. The van der Waals surface area contributed by atoms with Crippen LogP contribution in [0.1, 0.15) is 19.8 Å². The molecule has 1 aliphatic carbocycles. The first-order chi connectivity index (χ1) is 6.71. The van der Waals surface area contributed by atoms with Gasteiger partial charge in [-0.2, -0.15) is 11.8 Å². The van der Waals surface area contributed by atoms with Crippen molar-refractivity contribution in [3.05, 3.63) is 0 Å². The number of esters is 1. The predicted octanol–water partition coefficient (Wildman–Crippen LogP) is 1.28. The molecule has 0 aromatic rings. The van der Waals surface area contributed by atoms with Gasteiger partial charge in [-0.3, -0.25) is 4.79 Å². The molecule has 0 saturated heterocycles. The van der Waals surface area contributed by atoms with Crippen LogP contribution in [0.2, 0.25) is 0 Å². The molecule has 1 rings (SSSR count). The Kier molecular flexibility index (Phi) is 4.26. The van der Waals surface area contributed by atoms with Gasteiger partial charge in [-0.25, -0.2) is 0 Å². The fraction of sp³-hybridized carbons (Fsp3) is 0.900. The largest absolute Gasteiger partial charge is 0.465 e. The van der Waals surface area contributed by atoms with Gasteiger partial charge in [0.1, 0.15) is 5.54 Å². The van der Waals surface area contributed by atoms with Crippen LogP contribution in [-0.2, 0) is 9.53 Å². The number of carbonyl (C=O) groups is 1. The number of hydrogen-bond acceptors (Lipinski definition) is 4. The average Bonchev–Trinajstić information content (AvgIpc) is 2.98. The zero-order valence-corrected chi connectivity index (χ0v) is 9.95. The smallest absolute Gasteiger partial charge is 0.327 e. The Morgan fingerprint density at radius 3 is 2.64 bits per heavy atom. The van der Waals surface area contributed by atoms with Crippen LogP contribution in [0.15, 0.2) is 0 Å². The number of carbonyl (C=O) groups excluding carboxylic acids is 1. The first kappa shape index (κ1) is 11.9. The van der Waals surface area contributed by atoms with Gasteiger partial charge in [0.05, 0.1) is 6.61 Å². The van der Waals surface area contributed by atoms with E-state index in [1.165, 1.54) is 0 Å². The topological polar surface area (TPSA) is 38.3 Å². The highest BCUT2D eigenvalue weighted by molar-refractivity contribution is 7.98. The summed E-state index contributed by atoms with van der Waals surface area (Å²) in [5.41, 5.74) is -0.435. The molecular weight excluding hydrogens is 198 g/mol. The third-order valence-corrected chi connectivity index (χ3v) is 3.48. The molecule has 0 spiro atoms. The van der Waals surface area contributed by atoms with Crippen LogP contribution in [0.25, 0.3) is 0 Å². The van der Waals surface area contributed by atoms with E-state index in [2.05, 4.69) is 5.32 Å². The quantitative estimate of drug-likeness (QED) is 0.680. The summed E-state index contributed by atoms with van der Waals surface area (Å²) >= 11 is 1.69. The summed E-state index contributed by atoms with van der Waals surface area (Å²) in [6, 6.07) is 0. The number of hydrogen-bond donors (Lipinski definition) is 1. The Hall–Kier alpha value is -0.220. The van der Waals surface area contributed by atoms with Crippen molar-refractivity contribution in [3.63, 3.8) is 0 Å². The summed E-state index contributed by atoms with van der Waals surface area (Å²) < 4.78 is 5.14. The summed E-state index contributed by atoms with van der Waals surface area (Å²) in [7, 11) is 1.85. The van der Waals surface area contributed by atoms with Crippen molar-refractivity contribution in [1.29, 1.82) is 0 Å². The standard InChI is InChI=1S/C10H19NO2S/c1-4-13-9(12)10(11-2,7-14-3)8-5-6-8/h8,11H,4-7H2,1-3H3. The Bertz CT molecular complexity index is 206. The lowest BCUT2D eigenvalue weighted by Gasteiger charge is -2.30. The zero-order valence-electron chi connectivity index (χ0n) is 9.13. The molecule has 1 unspecified atom stereocenters. The Balaban J connectivity index is 2.71. The van der Waals surface area contributed by atoms with E-state index in [1.807, 2.05) is 20.2 Å². The Morgan fingerprint density at radius 1 is 1.64 bits per heavy atom. The van der Waals surface area contributed by atoms with Gasteiger partial charge in [-0.1, -0.05) is 0 Å². The van der Waals surface area contributed by atoms with E-state index in [9.17, 15) is 4.79 Å². The number of nitrogens with one attached hydrogen (secondary N) is 1. The van der Waals surface area contributed by atoms with Crippen LogP contribution < -0.4 is 5.32 Å². The van der Waals surface area contributed by atoms with Gasteiger partial charge in [0.25, 0.3) is 0 Å². The Labute approximate surface area is 90.0 Å². The second-order valence-electron chi connectivity index (χ2n) is 3.65. The molecule has 0 aromatic carbocycles. The fourth-order valence-corrected chi connectivity index (χ4v) is 2.74. The van der Waals surface area contributed by atoms with Gasteiger partial charge in [0, 0.05) is 5.75 Å². The number of thioether (sulfide) groups is 1.